The lowest BCUT2D eigenvalue weighted by molar-refractivity contribution is -0.118. The number of benzene rings is 1. The number of Topliss-reactive ketones (excluding diaryl/α,β-unsaturated/α-hetero) is 1. The molecule has 0 unspecified atom stereocenters. The number of nitrogens with zero attached hydrogens (tertiary/aromatic N) is 1. The number of amides is 1. The minimum Gasteiger partial charge on any atom is -0.484 e. The molecule has 5 heteroatoms. The third-order valence-corrected chi connectivity index (χ3v) is 2.83. The van der Waals surface area contributed by atoms with Gasteiger partial charge >= 0.3 is 0 Å². The van der Waals surface area contributed by atoms with E-state index < -0.39 is 0 Å². The third kappa shape index (κ3) is 4.42. The molecular formula is C16H16N2O3. The largest absolute Gasteiger partial charge is 0.484 e. The van der Waals surface area contributed by atoms with E-state index in [0.29, 0.717) is 23.4 Å². The smallest absolute Gasteiger partial charge is 0.262 e. The summed E-state index contributed by atoms with van der Waals surface area (Å²) in [7, 11) is 0. The maximum absolute atomic E-state index is 11.7. The van der Waals surface area contributed by atoms with Crippen molar-refractivity contribution in [3.8, 4) is 5.75 Å². The summed E-state index contributed by atoms with van der Waals surface area (Å²) in [5.74, 6) is 0.374. The molecule has 0 saturated heterocycles. The van der Waals surface area contributed by atoms with E-state index in [1.165, 1.54) is 0 Å². The van der Waals surface area contributed by atoms with Gasteiger partial charge in [0.15, 0.2) is 12.4 Å². The molecule has 1 amide bonds. The van der Waals surface area contributed by atoms with Crippen LogP contribution in [-0.4, -0.2) is 23.3 Å². The number of carbonyl (C=O) groups is 2. The Bertz CT molecular complexity index is 609. The Kier molecular flexibility index (Phi) is 5.04. The highest BCUT2D eigenvalue weighted by atomic mass is 16.5. The van der Waals surface area contributed by atoms with Crippen LogP contribution in [-0.2, 0) is 4.79 Å². The molecule has 0 atom stereocenters. The standard InChI is InChI=1S/C16H16N2O3/c1-2-15(19)12-3-5-14(6-4-12)21-11-16(20)18-13-7-9-17-10-8-13/h3-10H,2,11H2,1H3,(H,17,18,20). The van der Waals surface area contributed by atoms with E-state index in [0.717, 1.165) is 0 Å². The number of nitrogens with one attached hydrogen (secondary N) is 1. The van der Waals surface area contributed by atoms with Crippen LogP contribution in [0, 0.1) is 0 Å². The van der Waals surface area contributed by atoms with E-state index in [4.69, 9.17) is 4.74 Å². The molecule has 1 aromatic heterocycles. The van der Waals surface area contributed by atoms with Crippen LogP contribution in [0.25, 0.3) is 0 Å². The normalized spacial score (nSPS) is 9.95. The van der Waals surface area contributed by atoms with Gasteiger partial charge in [0.25, 0.3) is 5.91 Å². The lowest BCUT2D eigenvalue weighted by Crippen LogP contribution is -2.20. The molecule has 0 spiro atoms. The predicted molar refractivity (Wildman–Crippen MR) is 79.4 cm³/mol. The molecule has 0 aliphatic heterocycles. The highest BCUT2D eigenvalue weighted by molar-refractivity contribution is 5.96. The number of rotatable bonds is 6. The van der Waals surface area contributed by atoms with Crippen LogP contribution >= 0.6 is 0 Å². The minimum absolute atomic E-state index is 0.0805. The zero-order chi connectivity index (χ0) is 15.1. The van der Waals surface area contributed by atoms with Gasteiger partial charge in [-0.2, -0.15) is 0 Å². The second kappa shape index (κ2) is 7.19. The van der Waals surface area contributed by atoms with Gasteiger partial charge in [0.1, 0.15) is 5.75 Å². The number of aromatic nitrogens is 1. The van der Waals surface area contributed by atoms with Crippen LogP contribution in [0.1, 0.15) is 23.7 Å². The summed E-state index contributed by atoms with van der Waals surface area (Å²) < 4.78 is 5.37. The van der Waals surface area contributed by atoms with Gasteiger partial charge in [-0.25, -0.2) is 0 Å². The topological polar surface area (TPSA) is 68.3 Å². The molecule has 0 bridgehead atoms. The van der Waals surface area contributed by atoms with Crippen molar-refractivity contribution in [2.45, 2.75) is 13.3 Å². The highest BCUT2D eigenvalue weighted by Gasteiger charge is 2.05. The monoisotopic (exact) mass is 284 g/mol. The van der Waals surface area contributed by atoms with E-state index >= 15 is 0 Å². The maximum Gasteiger partial charge on any atom is 0.262 e. The van der Waals surface area contributed by atoms with Gasteiger partial charge in [-0.3, -0.25) is 14.6 Å². The molecule has 0 fully saturated rings. The molecule has 0 aliphatic rings. The molecule has 108 valence electrons. The number of hydrogen-bond donors (Lipinski definition) is 1. The van der Waals surface area contributed by atoms with Crippen LogP contribution in [0.15, 0.2) is 48.8 Å². The van der Waals surface area contributed by atoms with Crippen molar-refractivity contribution < 1.29 is 14.3 Å². The van der Waals surface area contributed by atoms with E-state index in [9.17, 15) is 9.59 Å². The molecule has 21 heavy (non-hydrogen) atoms. The molecule has 5 nitrogen and oxygen atoms in total. The second-order valence-corrected chi connectivity index (χ2v) is 4.37. The molecule has 2 aromatic rings. The molecule has 0 aliphatic carbocycles. The van der Waals surface area contributed by atoms with Crippen molar-refractivity contribution in [2.24, 2.45) is 0 Å². The van der Waals surface area contributed by atoms with Gasteiger partial charge in [0, 0.05) is 30.1 Å². The molecule has 0 radical (unpaired) electrons. The number of anilines is 1. The van der Waals surface area contributed by atoms with E-state index in [1.807, 2.05) is 6.92 Å². The molecular weight excluding hydrogens is 268 g/mol. The summed E-state index contributed by atoms with van der Waals surface area (Å²) in [4.78, 5) is 27.0. The minimum atomic E-state index is -0.255. The Labute approximate surface area is 123 Å². The van der Waals surface area contributed by atoms with Crippen molar-refractivity contribution in [3.63, 3.8) is 0 Å². The lowest BCUT2D eigenvalue weighted by atomic mass is 10.1. The Morgan fingerprint density at radius 2 is 1.76 bits per heavy atom. The molecule has 1 N–H and O–H groups in total. The number of hydrogen-bond acceptors (Lipinski definition) is 4. The van der Waals surface area contributed by atoms with Crippen molar-refractivity contribution >= 4 is 17.4 Å². The fraction of sp³-hybridized carbons (Fsp3) is 0.188. The van der Waals surface area contributed by atoms with E-state index in [-0.39, 0.29) is 18.3 Å². The fourth-order valence-corrected chi connectivity index (χ4v) is 1.72. The number of ether oxygens (including phenoxy) is 1. The molecule has 1 heterocycles. The third-order valence-electron chi connectivity index (χ3n) is 2.83. The molecule has 1 aromatic carbocycles. The quantitative estimate of drug-likeness (QED) is 0.828. The van der Waals surface area contributed by atoms with Gasteiger partial charge in [0.05, 0.1) is 0 Å². The average molecular weight is 284 g/mol. The van der Waals surface area contributed by atoms with Gasteiger partial charge in [-0.15, -0.1) is 0 Å². The molecule has 0 saturated carbocycles. The maximum atomic E-state index is 11.7. The summed E-state index contributed by atoms with van der Waals surface area (Å²) in [6.07, 6.45) is 3.66. The van der Waals surface area contributed by atoms with Crippen LogP contribution in [0.4, 0.5) is 5.69 Å². The summed E-state index contributed by atoms with van der Waals surface area (Å²) in [5, 5.41) is 2.69. The predicted octanol–water partition coefficient (Wildman–Crippen LogP) is 2.69. The summed E-state index contributed by atoms with van der Waals surface area (Å²) >= 11 is 0. The Hall–Kier alpha value is -2.69. The average Bonchev–Trinajstić information content (AvgIpc) is 2.53. The van der Waals surface area contributed by atoms with Crippen molar-refractivity contribution in [1.29, 1.82) is 0 Å². The fourth-order valence-electron chi connectivity index (χ4n) is 1.72. The van der Waals surface area contributed by atoms with Crippen molar-refractivity contribution in [2.75, 3.05) is 11.9 Å². The van der Waals surface area contributed by atoms with Gasteiger partial charge in [-0.1, -0.05) is 6.92 Å². The van der Waals surface area contributed by atoms with Gasteiger partial charge in [-0.05, 0) is 36.4 Å². The van der Waals surface area contributed by atoms with Crippen molar-refractivity contribution in [1.82, 2.24) is 4.98 Å². The zero-order valence-electron chi connectivity index (χ0n) is 11.7. The first kappa shape index (κ1) is 14.7. The number of ketones is 1. The van der Waals surface area contributed by atoms with Crippen LogP contribution in [0.5, 0.6) is 5.75 Å². The first-order chi connectivity index (χ1) is 10.2. The van der Waals surface area contributed by atoms with E-state index in [2.05, 4.69) is 10.3 Å². The summed E-state index contributed by atoms with van der Waals surface area (Å²) in [6.45, 7) is 1.72. The van der Waals surface area contributed by atoms with Gasteiger partial charge < -0.3 is 10.1 Å². The second-order valence-electron chi connectivity index (χ2n) is 4.37. The first-order valence-electron chi connectivity index (χ1n) is 6.65. The summed E-state index contributed by atoms with van der Waals surface area (Å²) in [5.41, 5.74) is 1.31. The number of carbonyl (C=O) groups excluding carboxylic acids is 2. The molecule has 2 rings (SSSR count). The first-order valence-corrected chi connectivity index (χ1v) is 6.65. The number of pyridine rings is 1. The SMILES string of the molecule is CCC(=O)c1ccc(OCC(=O)Nc2ccncc2)cc1. The van der Waals surface area contributed by atoms with Crippen LogP contribution < -0.4 is 10.1 Å². The zero-order valence-corrected chi connectivity index (χ0v) is 11.7. The van der Waals surface area contributed by atoms with Crippen LogP contribution in [0.2, 0.25) is 0 Å². The summed E-state index contributed by atoms with van der Waals surface area (Å²) in [6, 6.07) is 10.2. The Balaban J connectivity index is 1.85. The van der Waals surface area contributed by atoms with E-state index in [1.54, 1.807) is 48.8 Å². The Morgan fingerprint density at radius 3 is 2.38 bits per heavy atom. The lowest BCUT2D eigenvalue weighted by Gasteiger charge is -2.07. The Morgan fingerprint density at radius 1 is 1.10 bits per heavy atom. The van der Waals surface area contributed by atoms with Crippen molar-refractivity contribution in [3.05, 3.63) is 54.4 Å². The van der Waals surface area contributed by atoms with Crippen LogP contribution in [0.3, 0.4) is 0 Å². The highest BCUT2D eigenvalue weighted by Crippen LogP contribution is 2.13. The van der Waals surface area contributed by atoms with Gasteiger partial charge in [0.2, 0.25) is 0 Å².